The molecule has 0 atom stereocenters. The van der Waals surface area contributed by atoms with Crippen LogP contribution in [-0.2, 0) is 0 Å². The van der Waals surface area contributed by atoms with E-state index in [0.29, 0.717) is 5.92 Å². The molecule has 17 heavy (non-hydrogen) atoms. The molecule has 0 aliphatic heterocycles. The molecular formula is C16H24S. The van der Waals surface area contributed by atoms with E-state index in [0.717, 1.165) is 17.7 Å². The molecule has 94 valence electrons. The summed E-state index contributed by atoms with van der Waals surface area (Å²) in [4.78, 5) is 0.951. The molecule has 0 aromatic rings. The largest absolute Gasteiger partial charge is 0.133 e. The second kappa shape index (κ2) is 8.22. The van der Waals surface area contributed by atoms with E-state index in [4.69, 9.17) is 12.2 Å². The van der Waals surface area contributed by atoms with Crippen LogP contribution in [0.25, 0.3) is 0 Å². The van der Waals surface area contributed by atoms with Gasteiger partial charge >= 0.3 is 0 Å². The van der Waals surface area contributed by atoms with Crippen molar-refractivity contribution in [2.45, 2.75) is 47.5 Å². The molecule has 0 bridgehead atoms. The van der Waals surface area contributed by atoms with Crippen molar-refractivity contribution in [3.05, 3.63) is 41.2 Å². The fourth-order valence-corrected chi connectivity index (χ4v) is 1.88. The minimum Gasteiger partial charge on any atom is -0.133 e. The zero-order chi connectivity index (χ0) is 13.4. The van der Waals surface area contributed by atoms with Gasteiger partial charge in [0.2, 0.25) is 0 Å². The minimum atomic E-state index is 0.512. The minimum absolute atomic E-state index is 0.512. The molecule has 0 radical (unpaired) electrons. The molecule has 0 rings (SSSR count). The zero-order valence-electron chi connectivity index (χ0n) is 11.8. The van der Waals surface area contributed by atoms with Gasteiger partial charge in [0.25, 0.3) is 0 Å². The Hall–Kier alpha value is -0.910. The van der Waals surface area contributed by atoms with Crippen molar-refractivity contribution in [2.75, 3.05) is 0 Å². The van der Waals surface area contributed by atoms with Crippen LogP contribution in [-0.4, -0.2) is 4.86 Å². The van der Waals surface area contributed by atoms with Crippen LogP contribution >= 0.6 is 12.2 Å². The lowest BCUT2D eigenvalue weighted by Gasteiger charge is -2.15. The molecule has 0 aliphatic carbocycles. The maximum atomic E-state index is 5.18. The molecule has 0 aromatic carbocycles. The second-order valence-electron chi connectivity index (χ2n) is 4.72. The van der Waals surface area contributed by atoms with E-state index < -0.39 is 0 Å². The fraction of sp³-hybridized carbons (Fsp3) is 0.500. The first-order chi connectivity index (χ1) is 7.90. The highest BCUT2D eigenvalue weighted by atomic mass is 32.1. The van der Waals surface area contributed by atoms with E-state index in [-0.39, 0.29) is 0 Å². The number of hydrogen-bond acceptors (Lipinski definition) is 1. The maximum Gasteiger partial charge on any atom is 0.0124 e. The lowest BCUT2D eigenvalue weighted by atomic mass is 9.91. The average Bonchev–Trinajstić information content (AvgIpc) is 2.24. The molecule has 0 nitrogen and oxygen atoms in total. The summed E-state index contributed by atoms with van der Waals surface area (Å²) in [6.07, 6.45) is 6.19. The lowest BCUT2D eigenvalue weighted by molar-refractivity contribution is 0.771. The quantitative estimate of drug-likeness (QED) is 0.262. The van der Waals surface area contributed by atoms with Gasteiger partial charge in [-0.05, 0) is 62.8 Å². The highest BCUT2D eigenvalue weighted by molar-refractivity contribution is 7.80. The molecule has 0 spiro atoms. The molecule has 0 fully saturated rings. The highest BCUT2D eigenvalue weighted by Crippen LogP contribution is 2.24. The predicted octanol–water partition coefficient (Wildman–Crippen LogP) is 5.42. The molecule has 0 N–H and O–H groups in total. The average molecular weight is 248 g/mol. The summed E-state index contributed by atoms with van der Waals surface area (Å²) >= 11 is 5.18. The molecule has 0 saturated heterocycles. The Bertz CT molecular complexity index is 374. The van der Waals surface area contributed by atoms with Crippen molar-refractivity contribution in [1.82, 2.24) is 0 Å². The van der Waals surface area contributed by atoms with E-state index in [1.807, 2.05) is 13.0 Å². The molecule has 1 heteroatoms. The first kappa shape index (κ1) is 16.1. The van der Waals surface area contributed by atoms with Gasteiger partial charge < -0.3 is 0 Å². The highest BCUT2D eigenvalue weighted by Gasteiger charge is 2.08. The summed E-state index contributed by atoms with van der Waals surface area (Å²) < 4.78 is 0. The van der Waals surface area contributed by atoms with Crippen LogP contribution in [0, 0.1) is 5.92 Å². The first-order valence-electron chi connectivity index (χ1n) is 6.13. The third-order valence-corrected chi connectivity index (χ3v) is 2.98. The van der Waals surface area contributed by atoms with Crippen molar-refractivity contribution >= 4 is 17.1 Å². The van der Waals surface area contributed by atoms with Crippen LogP contribution in [0.15, 0.2) is 41.2 Å². The van der Waals surface area contributed by atoms with E-state index in [1.54, 1.807) is 0 Å². The fourth-order valence-electron chi connectivity index (χ4n) is 1.75. The topological polar surface area (TPSA) is 0 Å². The number of thiocarbonyl (C=S) groups is 1. The normalized spacial score (nSPS) is 13.2. The molecular weight excluding hydrogens is 224 g/mol. The number of rotatable bonds is 6. The van der Waals surface area contributed by atoms with Gasteiger partial charge in [0, 0.05) is 4.86 Å². The Balaban J connectivity index is 5.04. The van der Waals surface area contributed by atoms with Gasteiger partial charge in [0.1, 0.15) is 0 Å². The van der Waals surface area contributed by atoms with E-state index in [9.17, 15) is 0 Å². The number of allylic oxidation sites excluding steroid dienone is 5. The summed E-state index contributed by atoms with van der Waals surface area (Å²) in [5.41, 5.74) is 6.97. The van der Waals surface area contributed by atoms with Crippen LogP contribution in [0.5, 0.6) is 0 Å². The Kier molecular flexibility index (Phi) is 7.78. The van der Waals surface area contributed by atoms with E-state index in [2.05, 4.69) is 46.1 Å². The summed E-state index contributed by atoms with van der Waals surface area (Å²) in [5.74, 6) is 0.512. The van der Waals surface area contributed by atoms with Crippen LogP contribution in [0.3, 0.4) is 0 Å². The SMILES string of the molecule is C=C=CCCC(C)=C(C)/C(=C/C(C)=S)C(C)C. The summed E-state index contributed by atoms with van der Waals surface area (Å²) in [6.45, 7) is 14.4. The maximum absolute atomic E-state index is 5.18. The van der Waals surface area contributed by atoms with Crippen molar-refractivity contribution in [3.8, 4) is 0 Å². The Morgan fingerprint density at radius 2 is 1.88 bits per heavy atom. The molecule has 0 aliphatic rings. The standard InChI is InChI=1S/C16H24S/c1-7-8-9-10-13(4)15(6)16(12(2)3)11-14(5)17/h8,11-12H,1,9-10H2,2-6H3/b15-13?,16-11+. The van der Waals surface area contributed by atoms with Crippen molar-refractivity contribution in [2.24, 2.45) is 5.92 Å². The van der Waals surface area contributed by atoms with Gasteiger partial charge in [-0.25, -0.2) is 0 Å². The van der Waals surface area contributed by atoms with Crippen molar-refractivity contribution < 1.29 is 0 Å². The second-order valence-corrected chi connectivity index (χ2v) is 5.36. The van der Waals surface area contributed by atoms with Crippen LogP contribution in [0.1, 0.15) is 47.5 Å². The third kappa shape index (κ3) is 6.41. The molecule has 0 amide bonds. The summed E-state index contributed by atoms with van der Waals surface area (Å²) in [7, 11) is 0. The lowest BCUT2D eigenvalue weighted by Crippen LogP contribution is -2.00. The Morgan fingerprint density at radius 3 is 2.29 bits per heavy atom. The third-order valence-electron chi connectivity index (χ3n) is 2.86. The van der Waals surface area contributed by atoms with Crippen LogP contribution < -0.4 is 0 Å². The zero-order valence-corrected chi connectivity index (χ0v) is 12.6. The van der Waals surface area contributed by atoms with Gasteiger partial charge in [-0.15, -0.1) is 5.73 Å². The van der Waals surface area contributed by atoms with Gasteiger partial charge in [0.15, 0.2) is 0 Å². The van der Waals surface area contributed by atoms with Gasteiger partial charge in [-0.2, -0.15) is 0 Å². The number of hydrogen-bond donors (Lipinski definition) is 0. The molecule has 0 unspecified atom stereocenters. The molecule has 0 heterocycles. The van der Waals surface area contributed by atoms with E-state index >= 15 is 0 Å². The van der Waals surface area contributed by atoms with Gasteiger partial charge in [0.05, 0.1) is 0 Å². The van der Waals surface area contributed by atoms with Gasteiger partial charge in [-0.1, -0.05) is 38.2 Å². The van der Waals surface area contributed by atoms with Crippen LogP contribution in [0.4, 0.5) is 0 Å². The molecule has 0 aromatic heterocycles. The Labute approximate surface area is 112 Å². The first-order valence-corrected chi connectivity index (χ1v) is 6.54. The van der Waals surface area contributed by atoms with Gasteiger partial charge in [-0.3, -0.25) is 0 Å². The monoisotopic (exact) mass is 248 g/mol. The van der Waals surface area contributed by atoms with Crippen molar-refractivity contribution in [3.63, 3.8) is 0 Å². The summed E-state index contributed by atoms with van der Waals surface area (Å²) in [6, 6.07) is 0. The summed E-state index contributed by atoms with van der Waals surface area (Å²) in [5, 5.41) is 0. The molecule has 0 saturated carbocycles. The van der Waals surface area contributed by atoms with E-state index in [1.165, 1.54) is 16.7 Å². The van der Waals surface area contributed by atoms with Crippen molar-refractivity contribution in [1.29, 1.82) is 0 Å². The predicted molar refractivity (Wildman–Crippen MR) is 82.5 cm³/mol. The van der Waals surface area contributed by atoms with Crippen LogP contribution in [0.2, 0.25) is 0 Å². The Morgan fingerprint density at radius 1 is 1.29 bits per heavy atom. The smallest absolute Gasteiger partial charge is 0.0124 e.